The molecule has 8 nitrogen and oxygen atoms in total. The number of benzene rings is 1. The van der Waals surface area contributed by atoms with Crippen molar-refractivity contribution >= 4 is 17.5 Å². The lowest BCUT2D eigenvalue weighted by Gasteiger charge is -2.39. The van der Waals surface area contributed by atoms with Gasteiger partial charge in [-0.25, -0.2) is 0 Å². The number of rotatable bonds is 8. The summed E-state index contributed by atoms with van der Waals surface area (Å²) in [5.41, 5.74) is 1.32. The van der Waals surface area contributed by atoms with Crippen LogP contribution in [0, 0.1) is 11.8 Å². The Morgan fingerprint density at radius 3 is 2.62 bits per heavy atom. The van der Waals surface area contributed by atoms with Crippen molar-refractivity contribution in [1.82, 2.24) is 14.8 Å². The molecule has 3 unspecified atom stereocenters. The number of anilines is 1. The van der Waals surface area contributed by atoms with Crippen LogP contribution in [-0.2, 0) is 0 Å². The van der Waals surface area contributed by atoms with Crippen molar-refractivity contribution in [3.8, 4) is 5.75 Å². The van der Waals surface area contributed by atoms with Crippen molar-refractivity contribution in [1.29, 1.82) is 0 Å². The van der Waals surface area contributed by atoms with Crippen molar-refractivity contribution in [2.75, 3.05) is 38.6 Å². The van der Waals surface area contributed by atoms with Crippen LogP contribution in [0.1, 0.15) is 66.7 Å². The fraction of sp³-hybridized carbons (Fsp3) is 0.552. The standard InChI is InChI=1S/C29H40N4O4/c1-20-16-33(21(2)19-34)29(36)24-10-7-11-25(31-28(35)23-12-14-30-15-13-23)27(24)37-26(20)18-32(3)17-22-8-5-4-6-9-22/h7,10-15,20-22,26,34H,4-6,8-9,16-19H2,1-3H3,(H,31,35). The predicted octanol–water partition coefficient (Wildman–Crippen LogP) is 4.07. The number of pyridine rings is 1. The number of carbonyl (C=O) groups is 2. The van der Waals surface area contributed by atoms with E-state index in [4.69, 9.17) is 4.74 Å². The van der Waals surface area contributed by atoms with Gasteiger partial charge in [0.25, 0.3) is 11.8 Å². The van der Waals surface area contributed by atoms with Gasteiger partial charge in [0.05, 0.1) is 23.9 Å². The number of hydrogen-bond acceptors (Lipinski definition) is 6. The molecule has 1 aromatic heterocycles. The highest BCUT2D eigenvalue weighted by atomic mass is 16.5. The second-order valence-electron chi connectivity index (χ2n) is 10.7. The van der Waals surface area contributed by atoms with Gasteiger partial charge in [-0.1, -0.05) is 32.3 Å². The van der Waals surface area contributed by atoms with E-state index >= 15 is 0 Å². The number of hydrogen-bond donors (Lipinski definition) is 2. The van der Waals surface area contributed by atoms with Gasteiger partial charge in [-0.3, -0.25) is 14.6 Å². The Hall–Kier alpha value is -2.97. The number of carbonyl (C=O) groups excluding carboxylic acids is 2. The SMILES string of the molecule is CC1CN(C(C)CO)C(=O)c2cccc(NC(=O)c3ccncc3)c2OC1CN(C)CC1CCCCC1. The van der Waals surface area contributed by atoms with E-state index in [9.17, 15) is 14.7 Å². The molecular formula is C29H40N4O4. The highest BCUT2D eigenvalue weighted by Gasteiger charge is 2.35. The van der Waals surface area contributed by atoms with E-state index in [1.54, 1.807) is 47.6 Å². The number of nitrogens with one attached hydrogen (secondary N) is 1. The van der Waals surface area contributed by atoms with Crippen LogP contribution in [0.3, 0.4) is 0 Å². The van der Waals surface area contributed by atoms with Crippen LogP contribution >= 0.6 is 0 Å². The molecular weight excluding hydrogens is 468 g/mol. The second-order valence-corrected chi connectivity index (χ2v) is 10.7. The third-order valence-corrected chi connectivity index (χ3v) is 7.67. The summed E-state index contributed by atoms with van der Waals surface area (Å²) >= 11 is 0. The zero-order valence-electron chi connectivity index (χ0n) is 22.2. The number of aliphatic hydroxyl groups excluding tert-OH is 1. The van der Waals surface area contributed by atoms with Gasteiger partial charge in [0, 0.05) is 43.5 Å². The molecule has 2 heterocycles. The summed E-state index contributed by atoms with van der Waals surface area (Å²) in [7, 11) is 2.14. The quantitative estimate of drug-likeness (QED) is 0.558. The molecule has 1 aliphatic carbocycles. The highest BCUT2D eigenvalue weighted by Crippen LogP contribution is 2.35. The maximum atomic E-state index is 13.6. The summed E-state index contributed by atoms with van der Waals surface area (Å²) in [6, 6.07) is 8.19. The van der Waals surface area contributed by atoms with Gasteiger partial charge in [-0.05, 0) is 57.0 Å². The first-order chi connectivity index (χ1) is 17.9. The molecule has 0 radical (unpaired) electrons. The normalized spacial score (nSPS) is 21.5. The van der Waals surface area contributed by atoms with Crippen LogP contribution < -0.4 is 10.1 Å². The molecule has 37 heavy (non-hydrogen) atoms. The fourth-order valence-electron chi connectivity index (χ4n) is 5.45. The van der Waals surface area contributed by atoms with Crippen molar-refractivity contribution in [3.05, 3.63) is 53.9 Å². The first kappa shape index (κ1) is 27.1. The zero-order chi connectivity index (χ0) is 26.4. The van der Waals surface area contributed by atoms with E-state index < -0.39 is 0 Å². The largest absolute Gasteiger partial charge is 0.486 e. The topological polar surface area (TPSA) is 95.0 Å². The molecule has 2 aromatic rings. The first-order valence-electron chi connectivity index (χ1n) is 13.5. The minimum atomic E-state index is -0.336. The Labute approximate surface area is 220 Å². The summed E-state index contributed by atoms with van der Waals surface area (Å²) in [6.45, 7) is 6.03. The molecule has 8 heteroatoms. The monoisotopic (exact) mass is 508 g/mol. The van der Waals surface area contributed by atoms with Crippen LogP contribution in [0.4, 0.5) is 5.69 Å². The smallest absolute Gasteiger partial charge is 0.258 e. The van der Waals surface area contributed by atoms with Crippen LogP contribution in [0.2, 0.25) is 0 Å². The molecule has 0 spiro atoms. The number of aromatic nitrogens is 1. The number of likely N-dealkylation sites (N-methyl/N-ethyl adjacent to an activating group) is 1. The van der Waals surface area contributed by atoms with E-state index in [2.05, 4.69) is 29.2 Å². The molecule has 1 saturated carbocycles. The van der Waals surface area contributed by atoms with Gasteiger partial charge in [0.2, 0.25) is 0 Å². The van der Waals surface area contributed by atoms with Gasteiger partial charge in [-0.15, -0.1) is 0 Å². The van der Waals surface area contributed by atoms with E-state index in [-0.39, 0.29) is 36.5 Å². The van der Waals surface area contributed by atoms with Gasteiger partial charge >= 0.3 is 0 Å². The summed E-state index contributed by atoms with van der Waals surface area (Å²) in [5.74, 6) is 0.597. The summed E-state index contributed by atoms with van der Waals surface area (Å²) in [5, 5.41) is 12.8. The Morgan fingerprint density at radius 2 is 1.92 bits per heavy atom. The van der Waals surface area contributed by atoms with Crippen molar-refractivity contribution in [3.63, 3.8) is 0 Å². The summed E-state index contributed by atoms with van der Waals surface area (Å²) < 4.78 is 6.63. The van der Waals surface area contributed by atoms with Gasteiger partial charge < -0.3 is 25.0 Å². The number of aliphatic hydroxyl groups is 1. The van der Waals surface area contributed by atoms with Gasteiger partial charge in [0.15, 0.2) is 5.75 Å². The van der Waals surface area contributed by atoms with E-state index in [1.165, 1.54) is 32.1 Å². The summed E-state index contributed by atoms with van der Waals surface area (Å²) in [4.78, 5) is 34.7. The van der Waals surface area contributed by atoms with Gasteiger partial charge in [0.1, 0.15) is 6.10 Å². The Kier molecular flexibility index (Phi) is 9.16. The van der Waals surface area contributed by atoms with Crippen LogP contribution in [0.25, 0.3) is 0 Å². The number of nitrogens with zero attached hydrogens (tertiary/aromatic N) is 3. The maximum absolute atomic E-state index is 13.6. The van der Waals surface area contributed by atoms with Crippen LogP contribution in [-0.4, -0.2) is 77.1 Å². The fourth-order valence-corrected chi connectivity index (χ4v) is 5.45. The van der Waals surface area contributed by atoms with Crippen molar-refractivity contribution in [2.24, 2.45) is 11.8 Å². The maximum Gasteiger partial charge on any atom is 0.258 e. The minimum Gasteiger partial charge on any atom is -0.486 e. The molecule has 2 amide bonds. The number of ether oxygens (including phenoxy) is 1. The highest BCUT2D eigenvalue weighted by molar-refractivity contribution is 6.07. The molecule has 1 aromatic carbocycles. The third-order valence-electron chi connectivity index (χ3n) is 7.67. The Balaban J connectivity index is 1.63. The predicted molar refractivity (Wildman–Crippen MR) is 144 cm³/mol. The van der Waals surface area contributed by atoms with Crippen LogP contribution in [0.15, 0.2) is 42.7 Å². The average molecular weight is 509 g/mol. The zero-order valence-corrected chi connectivity index (χ0v) is 22.2. The second kappa shape index (κ2) is 12.5. The number of amides is 2. The molecule has 3 atom stereocenters. The Bertz CT molecular complexity index is 1060. The van der Waals surface area contributed by atoms with Gasteiger partial charge in [-0.2, -0.15) is 0 Å². The van der Waals surface area contributed by atoms with E-state index in [0.717, 1.165) is 6.54 Å². The van der Waals surface area contributed by atoms with Crippen molar-refractivity contribution < 1.29 is 19.4 Å². The Morgan fingerprint density at radius 1 is 1.19 bits per heavy atom. The third kappa shape index (κ3) is 6.67. The summed E-state index contributed by atoms with van der Waals surface area (Å²) in [6.07, 6.45) is 9.42. The lowest BCUT2D eigenvalue weighted by molar-refractivity contribution is 0.0332. The molecule has 0 saturated heterocycles. The average Bonchev–Trinajstić information content (AvgIpc) is 2.91. The minimum absolute atomic E-state index is 0.0175. The molecule has 4 rings (SSSR count). The van der Waals surface area contributed by atoms with Crippen LogP contribution in [0.5, 0.6) is 5.75 Å². The van der Waals surface area contributed by atoms with Crippen molar-refractivity contribution in [2.45, 2.75) is 58.1 Å². The molecule has 1 fully saturated rings. The molecule has 200 valence electrons. The molecule has 2 N–H and O–H groups in total. The molecule has 1 aliphatic heterocycles. The lowest BCUT2D eigenvalue weighted by Crippen LogP contribution is -2.50. The number of fused-ring (bicyclic) bond motifs is 1. The van der Waals surface area contributed by atoms with E-state index in [1.807, 2.05) is 6.92 Å². The first-order valence-corrected chi connectivity index (χ1v) is 13.5. The number of para-hydroxylation sites is 1. The lowest BCUT2D eigenvalue weighted by atomic mass is 9.89. The molecule has 0 bridgehead atoms. The van der Waals surface area contributed by atoms with E-state index in [0.29, 0.717) is 41.6 Å². The molecule has 2 aliphatic rings.